The third-order valence-electron chi connectivity index (χ3n) is 4.30. The van der Waals surface area contributed by atoms with Crippen molar-refractivity contribution in [1.82, 2.24) is 9.55 Å². The summed E-state index contributed by atoms with van der Waals surface area (Å²) in [7, 11) is 0. The van der Waals surface area contributed by atoms with E-state index < -0.39 is 0 Å². The van der Waals surface area contributed by atoms with Gasteiger partial charge in [-0.15, -0.1) is 11.6 Å². The summed E-state index contributed by atoms with van der Waals surface area (Å²) in [6.07, 6.45) is 7.42. The molecule has 3 rings (SSSR count). The lowest BCUT2D eigenvalue weighted by Gasteiger charge is -2.28. The Bertz CT molecular complexity index is 618. The smallest absolute Gasteiger partial charge is 0.124 e. The maximum Gasteiger partial charge on any atom is 0.124 e. The summed E-state index contributed by atoms with van der Waals surface area (Å²) in [5.74, 6) is 1.39. The molecular formula is C15H18Cl2N2S. The van der Waals surface area contributed by atoms with Gasteiger partial charge in [0.2, 0.25) is 0 Å². The number of nitrogens with zero attached hydrogens (tertiary/aromatic N) is 2. The van der Waals surface area contributed by atoms with Crippen LogP contribution in [0.1, 0.15) is 31.5 Å². The molecule has 1 aromatic heterocycles. The van der Waals surface area contributed by atoms with E-state index in [1.807, 2.05) is 30.0 Å². The van der Waals surface area contributed by atoms with Crippen molar-refractivity contribution in [3.8, 4) is 0 Å². The van der Waals surface area contributed by atoms with Gasteiger partial charge >= 0.3 is 0 Å². The normalized spacial score (nSPS) is 17.9. The number of alkyl halides is 1. The van der Waals surface area contributed by atoms with Crippen LogP contribution in [0.4, 0.5) is 0 Å². The van der Waals surface area contributed by atoms with Gasteiger partial charge in [-0.3, -0.25) is 0 Å². The molecule has 1 aliphatic carbocycles. The highest BCUT2D eigenvalue weighted by atomic mass is 35.5. The standard InChI is InChI=1S/C15H18Cl2N2S/c1-20-15(6-2-3-7-15)10-19-13-8-11(17)4-5-12(13)18-14(19)9-16/h4-5,8H,2-3,6-7,9-10H2,1H3. The maximum atomic E-state index is 6.15. The van der Waals surface area contributed by atoms with Gasteiger partial charge in [0, 0.05) is 16.3 Å². The Morgan fingerprint density at radius 1 is 1.35 bits per heavy atom. The number of imidazole rings is 1. The van der Waals surface area contributed by atoms with Crippen molar-refractivity contribution in [3.63, 3.8) is 0 Å². The van der Waals surface area contributed by atoms with E-state index in [4.69, 9.17) is 23.2 Å². The zero-order chi connectivity index (χ0) is 14.2. The van der Waals surface area contributed by atoms with Crippen LogP contribution in [0.2, 0.25) is 5.02 Å². The maximum absolute atomic E-state index is 6.15. The Hall–Kier alpha value is -0.380. The van der Waals surface area contributed by atoms with Crippen molar-refractivity contribution in [3.05, 3.63) is 29.0 Å². The Balaban J connectivity index is 2.06. The van der Waals surface area contributed by atoms with E-state index in [9.17, 15) is 0 Å². The number of thioether (sulfide) groups is 1. The second-order valence-corrected chi connectivity index (χ2v) is 7.45. The molecule has 0 N–H and O–H groups in total. The average molecular weight is 329 g/mol. The molecule has 0 amide bonds. The van der Waals surface area contributed by atoms with Crippen LogP contribution in [0.3, 0.4) is 0 Å². The molecule has 20 heavy (non-hydrogen) atoms. The highest BCUT2D eigenvalue weighted by Crippen LogP contribution is 2.42. The van der Waals surface area contributed by atoms with Crippen LogP contribution in [-0.2, 0) is 12.4 Å². The largest absolute Gasteiger partial charge is 0.326 e. The van der Waals surface area contributed by atoms with E-state index in [0.29, 0.717) is 10.6 Å². The zero-order valence-corrected chi connectivity index (χ0v) is 13.9. The van der Waals surface area contributed by atoms with Crippen molar-refractivity contribution in [1.29, 1.82) is 0 Å². The third-order valence-corrected chi connectivity index (χ3v) is 6.18. The quantitative estimate of drug-likeness (QED) is 0.726. The summed E-state index contributed by atoms with van der Waals surface area (Å²) in [4.78, 5) is 4.64. The highest BCUT2D eigenvalue weighted by Gasteiger charge is 2.34. The first-order chi connectivity index (χ1) is 9.67. The van der Waals surface area contributed by atoms with Gasteiger partial charge < -0.3 is 4.57 Å². The summed E-state index contributed by atoms with van der Waals surface area (Å²) >= 11 is 14.2. The number of fused-ring (bicyclic) bond motifs is 1. The van der Waals surface area contributed by atoms with Gasteiger partial charge in [-0.25, -0.2) is 4.98 Å². The molecule has 5 heteroatoms. The van der Waals surface area contributed by atoms with E-state index in [-0.39, 0.29) is 0 Å². The summed E-state index contributed by atoms with van der Waals surface area (Å²) < 4.78 is 2.60. The van der Waals surface area contributed by atoms with Crippen LogP contribution < -0.4 is 0 Å². The fourth-order valence-corrected chi connectivity index (χ4v) is 4.48. The van der Waals surface area contributed by atoms with Gasteiger partial charge in [0.1, 0.15) is 5.82 Å². The van der Waals surface area contributed by atoms with Crippen LogP contribution in [0, 0.1) is 0 Å². The summed E-state index contributed by atoms with van der Waals surface area (Å²) in [5.41, 5.74) is 2.09. The van der Waals surface area contributed by atoms with Crippen molar-refractivity contribution in [2.24, 2.45) is 0 Å². The minimum atomic E-state index is 0.330. The molecule has 0 aliphatic heterocycles. The molecule has 1 saturated carbocycles. The summed E-state index contributed by atoms with van der Waals surface area (Å²) in [6.45, 7) is 0.979. The van der Waals surface area contributed by atoms with Crippen LogP contribution in [0.5, 0.6) is 0 Å². The Morgan fingerprint density at radius 3 is 2.75 bits per heavy atom. The lowest BCUT2D eigenvalue weighted by molar-refractivity contribution is 0.505. The van der Waals surface area contributed by atoms with Gasteiger partial charge in [-0.1, -0.05) is 24.4 Å². The van der Waals surface area contributed by atoms with Crippen molar-refractivity contribution < 1.29 is 0 Å². The van der Waals surface area contributed by atoms with E-state index in [1.165, 1.54) is 25.7 Å². The molecule has 1 fully saturated rings. The molecule has 108 valence electrons. The molecule has 0 bridgehead atoms. The van der Waals surface area contributed by atoms with Crippen molar-refractivity contribution >= 4 is 46.0 Å². The summed E-state index contributed by atoms with van der Waals surface area (Å²) in [5, 5.41) is 0.754. The third kappa shape index (κ3) is 2.56. The molecule has 1 heterocycles. The second-order valence-electron chi connectivity index (χ2n) is 5.48. The van der Waals surface area contributed by atoms with Crippen LogP contribution in [0.25, 0.3) is 11.0 Å². The number of aromatic nitrogens is 2. The molecule has 0 spiro atoms. The van der Waals surface area contributed by atoms with Crippen LogP contribution in [-0.4, -0.2) is 20.6 Å². The number of hydrogen-bond acceptors (Lipinski definition) is 2. The van der Waals surface area contributed by atoms with Gasteiger partial charge in [-0.2, -0.15) is 11.8 Å². The van der Waals surface area contributed by atoms with Gasteiger partial charge in [0.25, 0.3) is 0 Å². The van der Waals surface area contributed by atoms with E-state index in [0.717, 1.165) is 28.4 Å². The average Bonchev–Trinajstić information content (AvgIpc) is 3.05. The molecule has 1 aliphatic rings. The van der Waals surface area contributed by atoms with Crippen molar-refractivity contribution in [2.75, 3.05) is 6.26 Å². The van der Waals surface area contributed by atoms with Crippen LogP contribution in [0.15, 0.2) is 18.2 Å². The number of hydrogen-bond donors (Lipinski definition) is 0. The molecule has 1 aromatic carbocycles. The van der Waals surface area contributed by atoms with Gasteiger partial charge in [-0.05, 0) is 37.3 Å². The minimum absolute atomic E-state index is 0.330. The number of halogens is 2. The SMILES string of the molecule is CSC1(Cn2c(CCl)nc3ccc(Cl)cc32)CCCC1. The number of benzene rings is 1. The van der Waals surface area contributed by atoms with E-state index in [1.54, 1.807) is 0 Å². The predicted octanol–water partition coefficient (Wildman–Crippen LogP) is 5.10. The first-order valence-electron chi connectivity index (χ1n) is 6.93. The monoisotopic (exact) mass is 328 g/mol. The lowest BCUT2D eigenvalue weighted by atomic mass is 10.1. The second kappa shape index (κ2) is 5.78. The van der Waals surface area contributed by atoms with Crippen LogP contribution >= 0.6 is 35.0 Å². The molecule has 2 nitrogen and oxygen atoms in total. The Kier molecular flexibility index (Phi) is 4.21. The van der Waals surface area contributed by atoms with Gasteiger partial charge in [0.05, 0.1) is 16.9 Å². The predicted molar refractivity (Wildman–Crippen MR) is 89.0 cm³/mol. The molecule has 0 saturated heterocycles. The number of rotatable bonds is 4. The van der Waals surface area contributed by atoms with Crippen molar-refractivity contribution in [2.45, 2.75) is 42.9 Å². The lowest BCUT2D eigenvalue weighted by Crippen LogP contribution is -2.27. The first-order valence-corrected chi connectivity index (χ1v) is 9.07. The minimum Gasteiger partial charge on any atom is -0.326 e. The zero-order valence-electron chi connectivity index (χ0n) is 11.5. The highest BCUT2D eigenvalue weighted by molar-refractivity contribution is 8.00. The molecular weight excluding hydrogens is 311 g/mol. The Morgan fingerprint density at radius 2 is 2.10 bits per heavy atom. The van der Waals surface area contributed by atoms with E-state index >= 15 is 0 Å². The van der Waals surface area contributed by atoms with E-state index in [2.05, 4.69) is 15.8 Å². The Labute approximate surface area is 133 Å². The molecule has 0 radical (unpaired) electrons. The molecule has 0 unspecified atom stereocenters. The fraction of sp³-hybridized carbons (Fsp3) is 0.533. The summed E-state index contributed by atoms with van der Waals surface area (Å²) in [6, 6.07) is 5.87. The fourth-order valence-electron chi connectivity index (χ4n) is 3.16. The topological polar surface area (TPSA) is 17.8 Å². The van der Waals surface area contributed by atoms with Gasteiger partial charge in [0.15, 0.2) is 0 Å². The molecule has 0 atom stereocenters. The molecule has 2 aromatic rings. The first kappa shape index (κ1) is 14.6.